The van der Waals surface area contributed by atoms with Crippen molar-refractivity contribution in [2.75, 3.05) is 37.8 Å². The number of hydrogen-bond acceptors (Lipinski definition) is 5. The van der Waals surface area contributed by atoms with Crippen molar-refractivity contribution < 1.29 is 4.39 Å². The Morgan fingerprint density at radius 2 is 1.95 bits per heavy atom. The predicted molar refractivity (Wildman–Crippen MR) is 87.8 cm³/mol. The smallest absolute Gasteiger partial charge is 0.157 e. The summed E-state index contributed by atoms with van der Waals surface area (Å²) >= 11 is 6.00. The summed E-state index contributed by atoms with van der Waals surface area (Å²) in [5.74, 6) is 0.464. The van der Waals surface area contributed by atoms with Gasteiger partial charge in [0, 0.05) is 26.7 Å². The number of benzene rings is 1. The monoisotopic (exact) mass is 323 g/mol. The summed E-state index contributed by atoms with van der Waals surface area (Å²) in [6.07, 6.45) is 1.42. The van der Waals surface area contributed by atoms with Gasteiger partial charge in [-0.25, -0.2) is 14.4 Å². The van der Waals surface area contributed by atoms with Crippen molar-refractivity contribution in [1.82, 2.24) is 14.9 Å². The summed E-state index contributed by atoms with van der Waals surface area (Å²) in [7, 11) is 3.79. The molecule has 0 fully saturated rings. The van der Waals surface area contributed by atoms with Gasteiger partial charge in [0.05, 0.1) is 0 Å². The first-order valence-corrected chi connectivity index (χ1v) is 7.33. The van der Waals surface area contributed by atoms with Crippen LogP contribution in [-0.4, -0.2) is 42.1 Å². The second kappa shape index (κ2) is 7.91. The summed E-state index contributed by atoms with van der Waals surface area (Å²) in [4.78, 5) is 10.2. The van der Waals surface area contributed by atoms with Crippen molar-refractivity contribution in [3.63, 3.8) is 0 Å². The molecular weight excluding hydrogens is 305 g/mol. The van der Waals surface area contributed by atoms with Gasteiger partial charge in [0.15, 0.2) is 11.0 Å². The highest BCUT2D eigenvalue weighted by atomic mass is 35.5. The van der Waals surface area contributed by atoms with Crippen LogP contribution in [0.5, 0.6) is 0 Å². The van der Waals surface area contributed by atoms with Crippen molar-refractivity contribution in [2.45, 2.75) is 6.54 Å². The number of nitrogens with zero attached hydrogens (tertiary/aromatic N) is 3. The summed E-state index contributed by atoms with van der Waals surface area (Å²) in [5, 5.41) is 6.60. The van der Waals surface area contributed by atoms with Crippen LogP contribution >= 0.6 is 11.6 Å². The molecule has 0 amide bonds. The van der Waals surface area contributed by atoms with Gasteiger partial charge in [-0.2, -0.15) is 0 Å². The lowest BCUT2D eigenvalue weighted by atomic mass is 10.2. The van der Waals surface area contributed by atoms with Gasteiger partial charge in [-0.1, -0.05) is 23.7 Å². The standard InChI is InChI=1S/C15H19ClFN5/c1-18-13-14(16)20-10-21-15(13)19-7-8-22(2)9-11-3-5-12(17)6-4-11/h3-6,10,18H,7-9H2,1-2H3,(H,19,20,21). The van der Waals surface area contributed by atoms with E-state index in [1.807, 2.05) is 7.05 Å². The first-order valence-electron chi connectivity index (χ1n) is 6.95. The van der Waals surface area contributed by atoms with Crippen molar-refractivity contribution in [3.8, 4) is 0 Å². The zero-order valence-electron chi connectivity index (χ0n) is 12.6. The van der Waals surface area contributed by atoms with Crippen molar-refractivity contribution in [3.05, 3.63) is 47.1 Å². The highest BCUT2D eigenvalue weighted by Gasteiger charge is 2.08. The van der Waals surface area contributed by atoms with Gasteiger partial charge in [-0.05, 0) is 24.7 Å². The molecule has 2 rings (SSSR count). The Kier molecular flexibility index (Phi) is 5.91. The molecule has 1 heterocycles. The van der Waals surface area contributed by atoms with E-state index in [4.69, 9.17) is 11.6 Å². The van der Waals surface area contributed by atoms with Gasteiger partial charge >= 0.3 is 0 Å². The number of hydrogen-bond donors (Lipinski definition) is 2. The zero-order valence-corrected chi connectivity index (χ0v) is 13.4. The predicted octanol–water partition coefficient (Wildman–Crippen LogP) is 2.85. The van der Waals surface area contributed by atoms with Crippen LogP contribution in [-0.2, 0) is 6.54 Å². The minimum atomic E-state index is -0.215. The number of nitrogens with one attached hydrogen (secondary N) is 2. The average Bonchev–Trinajstić information content (AvgIpc) is 2.50. The molecule has 7 heteroatoms. The van der Waals surface area contributed by atoms with Crippen LogP contribution in [0.25, 0.3) is 0 Å². The molecule has 0 unspecified atom stereocenters. The highest BCUT2D eigenvalue weighted by Crippen LogP contribution is 2.24. The molecule has 0 bridgehead atoms. The maximum atomic E-state index is 12.9. The van der Waals surface area contributed by atoms with Crippen molar-refractivity contribution in [2.24, 2.45) is 0 Å². The Balaban J connectivity index is 1.83. The Hall–Kier alpha value is -1.92. The van der Waals surface area contributed by atoms with Crippen LogP contribution < -0.4 is 10.6 Å². The highest BCUT2D eigenvalue weighted by molar-refractivity contribution is 6.32. The first kappa shape index (κ1) is 16.5. The Morgan fingerprint density at radius 3 is 2.64 bits per heavy atom. The molecule has 2 N–H and O–H groups in total. The molecule has 0 saturated heterocycles. The van der Waals surface area contributed by atoms with E-state index in [0.717, 1.165) is 18.7 Å². The average molecular weight is 324 g/mol. The number of aromatic nitrogens is 2. The molecule has 5 nitrogen and oxygen atoms in total. The molecular formula is C15H19ClFN5. The molecule has 0 aliphatic carbocycles. The second-order valence-corrected chi connectivity index (χ2v) is 5.29. The molecule has 0 saturated carbocycles. The van der Waals surface area contributed by atoms with Crippen LogP contribution in [0.2, 0.25) is 5.15 Å². The minimum absolute atomic E-state index is 0.215. The number of likely N-dealkylation sites (N-methyl/N-ethyl adjacent to an activating group) is 1. The SMILES string of the molecule is CNc1c(Cl)ncnc1NCCN(C)Cc1ccc(F)cc1. The van der Waals surface area contributed by atoms with E-state index in [1.165, 1.54) is 18.5 Å². The van der Waals surface area contributed by atoms with Gasteiger partial charge in [-0.15, -0.1) is 0 Å². The second-order valence-electron chi connectivity index (χ2n) is 4.93. The third kappa shape index (κ3) is 4.54. The molecule has 2 aromatic rings. The van der Waals surface area contributed by atoms with Gasteiger partial charge in [0.25, 0.3) is 0 Å². The van der Waals surface area contributed by atoms with E-state index >= 15 is 0 Å². The fraction of sp³-hybridized carbons (Fsp3) is 0.333. The lowest BCUT2D eigenvalue weighted by molar-refractivity contribution is 0.339. The summed E-state index contributed by atoms with van der Waals surface area (Å²) in [5.41, 5.74) is 1.76. The fourth-order valence-corrected chi connectivity index (χ4v) is 2.29. The Bertz CT molecular complexity index is 605. The third-order valence-electron chi connectivity index (χ3n) is 3.20. The van der Waals surface area contributed by atoms with E-state index in [0.29, 0.717) is 23.2 Å². The van der Waals surface area contributed by atoms with E-state index < -0.39 is 0 Å². The van der Waals surface area contributed by atoms with Gasteiger partial charge < -0.3 is 15.5 Å². The molecule has 118 valence electrons. The maximum absolute atomic E-state index is 12.9. The number of halogens is 2. The third-order valence-corrected chi connectivity index (χ3v) is 3.49. The number of anilines is 2. The summed E-state index contributed by atoms with van der Waals surface area (Å²) in [6.45, 7) is 2.27. The van der Waals surface area contributed by atoms with Crippen LogP contribution in [0.15, 0.2) is 30.6 Å². The normalized spacial score (nSPS) is 10.8. The molecule has 0 aliphatic rings. The van der Waals surface area contributed by atoms with Gasteiger partial charge in [-0.3, -0.25) is 0 Å². The Morgan fingerprint density at radius 1 is 1.23 bits per heavy atom. The largest absolute Gasteiger partial charge is 0.383 e. The quantitative estimate of drug-likeness (QED) is 0.767. The molecule has 0 aliphatic heterocycles. The van der Waals surface area contributed by atoms with Crippen LogP contribution in [0.4, 0.5) is 15.9 Å². The van der Waals surface area contributed by atoms with Crippen molar-refractivity contribution in [1.29, 1.82) is 0 Å². The Labute approximate surface area is 134 Å². The molecule has 22 heavy (non-hydrogen) atoms. The van der Waals surface area contributed by atoms with Crippen LogP contribution in [0.1, 0.15) is 5.56 Å². The van der Waals surface area contributed by atoms with Crippen molar-refractivity contribution >= 4 is 23.1 Å². The van der Waals surface area contributed by atoms with Gasteiger partial charge in [0.1, 0.15) is 17.8 Å². The summed E-state index contributed by atoms with van der Waals surface area (Å²) < 4.78 is 12.9. The summed E-state index contributed by atoms with van der Waals surface area (Å²) in [6, 6.07) is 6.54. The minimum Gasteiger partial charge on any atom is -0.383 e. The maximum Gasteiger partial charge on any atom is 0.157 e. The molecule has 1 aromatic heterocycles. The van der Waals surface area contributed by atoms with Gasteiger partial charge in [0.2, 0.25) is 0 Å². The molecule has 0 atom stereocenters. The lowest BCUT2D eigenvalue weighted by Gasteiger charge is -2.18. The van der Waals surface area contributed by atoms with E-state index in [9.17, 15) is 4.39 Å². The van der Waals surface area contributed by atoms with E-state index in [1.54, 1.807) is 19.2 Å². The molecule has 0 spiro atoms. The topological polar surface area (TPSA) is 53.1 Å². The fourth-order valence-electron chi connectivity index (χ4n) is 2.07. The first-order chi connectivity index (χ1) is 10.6. The lowest BCUT2D eigenvalue weighted by Crippen LogP contribution is -2.25. The molecule has 1 aromatic carbocycles. The zero-order chi connectivity index (χ0) is 15.9. The van der Waals surface area contributed by atoms with Crippen LogP contribution in [0.3, 0.4) is 0 Å². The molecule has 0 radical (unpaired) electrons. The van der Waals surface area contributed by atoms with E-state index in [2.05, 4.69) is 25.5 Å². The van der Waals surface area contributed by atoms with Crippen LogP contribution in [0, 0.1) is 5.82 Å². The number of rotatable bonds is 7. The van der Waals surface area contributed by atoms with E-state index in [-0.39, 0.29) is 5.82 Å².